The number of rotatable bonds is 2. The highest BCUT2D eigenvalue weighted by Crippen LogP contribution is 2.21. The largest absolute Gasteiger partial charge is 0.309 e. The van der Waals surface area contributed by atoms with Gasteiger partial charge in [-0.15, -0.1) is 0 Å². The van der Waals surface area contributed by atoms with Crippen molar-refractivity contribution in [3.05, 3.63) is 34.9 Å². The van der Waals surface area contributed by atoms with Crippen LogP contribution in [0.1, 0.15) is 49.3 Å². The maximum atomic E-state index is 3.42. The van der Waals surface area contributed by atoms with Gasteiger partial charge in [-0.3, -0.25) is 4.90 Å². The van der Waals surface area contributed by atoms with Crippen LogP contribution in [-0.4, -0.2) is 17.5 Å². The monoisotopic (exact) mass is 244 g/mol. The lowest BCUT2D eigenvalue weighted by Gasteiger charge is -2.27. The number of nitrogens with one attached hydrogen (secondary N) is 1. The van der Waals surface area contributed by atoms with Gasteiger partial charge in [0, 0.05) is 25.7 Å². The van der Waals surface area contributed by atoms with Gasteiger partial charge in [0.15, 0.2) is 0 Å². The SMILES string of the molecule is CC1CCCCCN1Cc1ccc2c(c1)CNC2. The molecule has 2 heteroatoms. The molecule has 1 fully saturated rings. The molecule has 2 nitrogen and oxygen atoms in total. The zero-order valence-electron chi connectivity index (χ0n) is 11.4. The fourth-order valence-corrected chi connectivity index (χ4v) is 3.25. The summed E-state index contributed by atoms with van der Waals surface area (Å²) in [6.45, 7) is 6.90. The Balaban J connectivity index is 1.71. The first kappa shape index (κ1) is 12.2. The zero-order chi connectivity index (χ0) is 12.4. The van der Waals surface area contributed by atoms with Gasteiger partial charge in [0.05, 0.1) is 0 Å². The van der Waals surface area contributed by atoms with E-state index < -0.39 is 0 Å². The summed E-state index contributed by atoms with van der Waals surface area (Å²) in [5.74, 6) is 0. The maximum absolute atomic E-state index is 3.42. The first-order valence-corrected chi connectivity index (χ1v) is 7.38. The fraction of sp³-hybridized carbons (Fsp3) is 0.625. The molecule has 1 N–H and O–H groups in total. The Bertz CT molecular complexity index is 414. The molecule has 1 unspecified atom stereocenters. The Morgan fingerprint density at radius 1 is 1.17 bits per heavy atom. The summed E-state index contributed by atoms with van der Waals surface area (Å²) < 4.78 is 0. The Labute approximate surface area is 110 Å². The zero-order valence-corrected chi connectivity index (χ0v) is 11.4. The van der Waals surface area contributed by atoms with E-state index in [0.29, 0.717) is 0 Å². The Hall–Kier alpha value is -0.860. The topological polar surface area (TPSA) is 15.3 Å². The summed E-state index contributed by atoms with van der Waals surface area (Å²) in [6, 6.07) is 7.79. The molecule has 3 rings (SSSR count). The summed E-state index contributed by atoms with van der Waals surface area (Å²) >= 11 is 0. The third-order valence-corrected chi connectivity index (χ3v) is 4.48. The summed E-state index contributed by atoms with van der Waals surface area (Å²) in [6.07, 6.45) is 5.56. The van der Waals surface area contributed by atoms with Crippen molar-refractivity contribution in [2.24, 2.45) is 0 Å². The average molecular weight is 244 g/mol. The average Bonchev–Trinajstić information content (AvgIpc) is 2.75. The van der Waals surface area contributed by atoms with Gasteiger partial charge in [-0.05, 0) is 43.0 Å². The smallest absolute Gasteiger partial charge is 0.0236 e. The van der Waals surface area contributed by atoms with Crippen molar-refractivity contribution in [2.75, 3.05) is 6.54 Å². The molecule has 18 heavy (non-hydrogen) atoms. The van der Waals surface area contributed by atoms with Gasteiger partial charge in [-0.1, -0.05) is 31.0 Å². The molecule has 98 valence electrons. The molecule has 0 aliphatic carbocycles. The van der Waals surface area contributed by atoms with E-state index in [1.807, 2.05) is 0 Å². The van der Waals surface area contributed by atoms with E-state index >= 15 is 0 Å². The molecular weight excluding hydrogens is 220 g/mol. The van der Waals surface area contributed by atoms with Gasteiger partial charge < -0.3 is 5.32 Å². The highest BCUT2D eigenvalue weighted by molar-refractivity contribution is 5.34. The Morgan fingerprint density at radius 3 is 3.00 bits per heavy atom. The Kier molecular flexibility index (Phi) is 3.67. The summed E-state index contributed by atoms with van der Waals surface area (Å²) in [5, 5.41) is 3.42. The molecule has 2 aliphatic rings. The minimum Gasteiger partial charge on any atom is -0.309 e. The van der Waals surface area contributed by atoms with E-state index in [1.165, 1.54) is 48.9 Å². The molecule has 0 spiro atoms. The van der Waals surface area contributed by atoms with Gasteiger partial charge in [0.1, 0.15) is 0 Å². The van der Waals surface area contributed by atoms with E-state index in [-0.39, 0.29) is 0 Å². The van der Waals surface area contributed by atoms with Crippen LogP contribution in [0.2, 0.25) is 0 Å². The van der Waals surface area contributed by atoms with Gasteiger partial charge in [-0.25, -0.2) is 0 Å². The normalized spacial score (nSPS) is 24.8. The fourth-order valence-electron chi connectivity index (χ4n) is 3.25. The molecule has 1 aromatic carbocycles. The van der Waals surface area contributed by atoms with Crippen LogP contribution >= 0.6 is 0 Å². The van der Waals surface area contributed by atoms with Crippen LogP contribution in [0.3, 0.4) is 0 Å². The minimum atomic E-state index is 0.749. The minimum absolute atomic E-state index is 0.749. The van der Waals surface area contributed by atoms with Crippen LogP contribution in [0, 0.1) is 0 Å². The number of hydrogen-bond donors (Lipinski definition) is 1. The maximum Gasteiger partial charge on any atom is 0.0236 e. The predicted molar refractivity (Wildman–Crippen MR) is 75.3 cm³/mol. The van der Waals surface area contributed by atoms with Crippen LogP contribution in [0.15, 0.2) is 18.2 Å². The highest BCUT2D eigenvalue weighted by Gasteiger charge is 2.18. The number of hydrogen-bond acceptors (Lipinski definition) is 2. The van der Waals surface area contributed by atoms with Crippen molar-refractivity contribution < 1.29 is 0 Å². The van der Waals surface area contributed by atoms with Crippen LogP contribution in [0.4, 0.5) is 0 Å². The van der Waals surface area contributed by atoms with Gasteiger partial charge in [-0.2, -0.15) is 0 Å². The molecular formula is C16H24N2. The van der Waals surface area contributed by atoms with Crippen LogP contribution in [-0.2, 0) is 19.6 Å². The second kappa shape index (κ2) is 5.41. The lowest BCUT2D eigenvalue weighted by atomic mass is 10.1. The summed E-state index contributed by atoms with van der Waals surface area (Å²) in [7, 11) is 0. The number of fused-ring (bicyclic) bond motifs is 1. The number of benzene rings is 1. The first-order chi connectivity index (χ1) is 8.83. The van der Waals surface area contributed by atoms with Crippen LogP contribution in [0.5, 0.6) is 0 Å². The van der Waals surface area contributed by atoms with Gasteiger partial charge >= 0.3 is 0 Å². The molecule has 0 radical (unpaired) electrons. The third-order valence-electron chi connectivity index (χ3n) is 4.48. The second-order valence-corrected chi connectivity index (χ2v) is 5.88. The third kappa shape index (κ3) is 2.60. The van der Waals surface area contributed by atoms with Crippen LogP contribution < -0.4 is 5.32 Å². The quantitative estimate of drug-likeness (QED) is 0.860. The van der Waals surface area contributed by atoms with Crippen molar-refractivity contribution in [3.63, 3.8) is 0 Å². The van der Waals surface area contributed by atoms with E-state index in [2.05, 4.69) is 35.3 Å². The van der Waals surface area contributed by atoms with Crippen molar-refractivity contribution in [3.8, 4) is 0 Å². The number of likely N-dealkylation sites (tertiary alicyclic amines) is 1. The molecule has 1 saturated heterocycles. The van der Waals surface area contributed by atoms with E-state index in [4.69, 9.17) is 0 Å². The molecule has 1 aromatic rings. The summed E-state index contributed by atoms with van der Waals surface area (Å²) in [4.78, 5) is 2.66. The van der Waals surface area contributed by atoms with Crippen molar-refractivity contribution in [1.82, 2.24) is 10.2 Å². The van der Waals surface area contributed by atoms with E-state index in [1.54, 1.807) is 0 Å². The van der Waals surface area contributed by atoms with E-state index in [9.17, 15) is 0 Å². The first-order valence-electron chi connectivity index (χ1n) is 7.38. The molecule has 0 bridgehead atoms. The second-order valence-electron chi connectivity index (χ2n) is 5.88. The molecule has 2 aliphatic heterocycles. The van der Waals surface area contributed by atoms with E-state index in [0.717, 1.165) is 25.7 Å². The van der Waals surface area contributed by atoms with Crippen molar-refractivity contribution >= 4 is 0 Å². The standard InChI is InChI=1S/C16H24N2/c1-13-5-3-2-4-8-18(13)12-14-6-7-15-10-17-11-16(15)9-14/h6-7,9,13,17H,2-5,8,10-12H2,1H3. The van der Waals surface area contributed by atoms with Gasteiger partial charge in [0.25, 0.3) is 0 Å². The highest BCUT2D eigenvalue weighted by atomic mass is 15.1. The Morgan fingerprint density at radius 2 is 2.06 bits per heavy atom. The van der Waals surface area contributed by atoms with Crippen molar-refractivity contribution in [2.45, 2.75) is 58.3 Å². The molecule has 2 heterocycles. The van der Waals surface area contributed by atoms with Gasteiger partial charge in [0.2, 0.25) is 0 Å². The lowest BCUT2D eigenvalue weighted by molar-refractivity contribution is 0.205. The predicted octanol–water partition coefficient (Wildman–Crippen LogP) is 3.05. The molecule has 1 atom stereocenters. The summed E-state index contributed by atoms with van der Waals surface area (Å²) in [5.41, 5.74) is 4.49. The molecule has 0 aromatic heterocycles. The lowest BCUT2D eigenvalue weighted by Crippen LogP contribution is -2.31. The molecule has 0 saturated carbocycles. The van der Waals surface area contributed by atoms with Crippen LogP contribution in [0.25, 0.3) is 0 Å². The molecule has 0 amide bonds. The van der Waals surface area contributed by atoms with Crippen molar-refractivity contribution in [1.29, 1.82) is 0 Å². The number of nitrogens with zero attached hydrogens (tertiary/aromatic N) is 1.